The van der Waals surface area contributed by atoms with Gasteiger partial charge in [0.05, 0.1) is 17.8 Å². The van der Waals surface area contributed by atoms with Crippen molar-refractivity contribution in [3.8, 4) is 11.5 Å². The topological polar surface area (TPSA) is 87.5 Å². The number of para-hydroxylation sites is 1. The number of amides is 2. The third kappa shape index (κ3) is 5.24. The molecule has 2 fully saturated rings. The number of carbonyl (C=O) groups excluding carboxylic acids is 2. The van der Waals surface area contributed by atoms with Crippen LogP contribution in [0, 0.1) is 12.8 Å². The van der Waals surface area contributed by atoms with Crippen molar-refractivity contribution in [3.05, 3.63) is 65.5 Å². The van der Waals surface area contributed by atoms with Crippen LogP contribution in [0.3, 0.4) is 0 Å². The van der Waals surface area contributed by atoms with Crippen LogP contribution < -0.4 is 15.5 Å². The minimum atomic E-state index is -0.146. The van der Waals surface area contributed by atoms with E-state index in [2.05, 4.69) is 20.5 Å². The smallest absolute Gasteiger partial charge is 0.251 e. The fourth-order valence-corrected chi connectivity index (χ4v) is 4.63. The number of carbonyl (C=O) groups is 2. The molecule has 2 amide bonds. The highest BCUT2D eigenvalue weighted by atomic mass is 16.4. The van der Waals surface area contributed by atoms with Crippen molar-refractivity contribution in [2.24, 2.45) is 5.92 Å². The predicted molar refractivity (Wildman–Crippen MR) is 136 cm³/mol. The van der Waals surface area contributed by atoms with E-state index in [0.717, 1.165) is 37.9 Å². The van der Waals surface area contributed by atoms with Gasteiger partial charge in [0, 0.05) is 30.3 Å². The second-order valence-corrected chi connectivity index (χ2v) is 9.46. The molecular weight excluding hydrogens is 440 g/mol. The van der Waals surface area contributed by atoms with E-state index < -0.39 is 0 Å². The first-order valence-electron chi connectivity index (χ1n) is 12.6. The van der Waals surface area contributed by atoms with Crippen LogP contribution in [0.1, 0.15) is 60.3 Å². The quantitative estimate of drug-likeness (QED) is 0.487. The van der Waals surface area contributed by atoms with Crippen LogP contribution in [0.4, 0.5) is 11.4 Å². The van der Waals surface area contributed by atoms with Gasteiger partial charge in [0.2, 0.25) is 11.8 Å². The Balaban J connectivity index is 1.23. The number of piperidine rings is 1. The molecule has 2 aliphatic rings. The number of nitrogens with one attached hydrogen (secondary N) is 2. The number of hydrogen-bond acceptors (Lipinski definition) is 5. The van der Waals surface area contributed by atoms with Crippen LogP contribution >= 0.6 is 0 Å². The molecule has 1 aliphatic heterocycles. The molecule has 2 N–H and O–H groups in total. The van der Waals surface area contributed by atoms with Gasteiger partial charge in [-0.15, -0.1) is 0 Å². The van der Waals surface area contributed by atoms with E-state index >= 15 is 0 Å². The first-order valence-corrected chi connectivity index (χ1v) is 12.6. The molecule has 1 aromatic heterocycles. The average Bonchev–Trinajstić information content (AvgIpc) is 3.22. The number of benzene rings is 2. The number of rotatable bonds is 7. The normalized spacial score (nSPS) is 16.0. The summed E-state index contributed by atoms with van der Waals surface area (Å²) in [4.78, 5) is 32.2. The summed E-state index contributed by atoms with van der Waals surface area (Å²) < 4.78 is 5.93. The summed E-state index contributed by atoms with van der Waals surface area (Å²) in [6.07, 6.45) is 6.72. The van der Waals surface area contributed by atoms with Crippen molar-refractivity contribution < 1.29 is 14.0 Å². The van der Waals surface area contributed by atoms with Gasteiger partial charge in [-0.1, -0.05) is 18.6 Å². The highest BCUT2D eigenvalue weighted by molar-refractivity contribution is 5.96. The second-order valence-electron chi connectivity index (χ2n) is 9.46. The standard InChI is InChI=1S/C28H32N4O3/c1-19-25(18-29-26(33)21-12-14-22(15-13-21)32-16-5-2-6-17-32)31-28(35-19)23-10-3-4-11-24(23)30-27(34)20-8-7-9-20/h3-4,10-15,20H,2,5-9,16-18H2,1H3,(H,29,33)(H,30,34). The molecule has 3 aromatic rings. The highest BCUT2D eigenvalue weighted by Crippen LogP contribution is 2.32. The zero-order chi connectivity index (χ0) is 24.2. The summed E-state index contributed by atoms with van der Waals surface area (Å²) in [5.41, 5.74) is 3.88. The highest BCUT2D eigenvalue weighted by Gasteiger charge is 2.26. The van der Waals surface area contributed by atoms with Gasteiger partial charge in [0.15, 0.2) is 0 Å². The Kier molecular flexibility index (Phi) is 6.84. The summed E-state index contributed by atoms with van der Waals surface area (Å²) >= 11 is 0. The van der Waals surface area contributed by atoms with E-state index in [4.69, 9.17) is 4.42 Å². The Morgan fingerprint density at radius 3 is 2.46 bits per heavy atom. The van der Waals surface area contributed by atoms with Crippen molar-refractivity contribution in [2.75, 3.05) is 23.3 Å². The fourth-order valence-electron chi connectivity index (χ4n) is 4.63. The molecule has 7 heteroatoms. The molecule has 1 saturated carbocycles. The number of anilines is 2. The molecule has 0 atom stereocenters. The molecular formula is C28H32N4O3. The Morgan fingerprint density at radius 2 is 1.74 bits per heavy atom. The van der Waals surface area contributed by atoms with E-state index in [9.17, 15) is 9.59 Å². The van der Waals surface area contributed by atoms with Gasteiger partial charge in [0.25, 0.3) is 5.91 Å². The van der Waals surface area contributed by atoms with Crippen LogP contribution in [0.15, 0.2) is 52.9 Å². The molecule has 5 rings (SSSR count). The largest absolute Gasteiger partial charge is 0.441 e. The maximum absolute atomic E-state index is 12.7. The lowest BCUT2D eigenvalue weighted by Crippen LogP contribution is -2.29. The third-order valence-corrected chi connectivity index (χ3v) is 7.05. The average molecular weight is 473 g/mol. The Labute approximate surface area is 205 Å². The van der Waals surface area contributed by atoms with Crippen LogP contribution in [-0.4, -0.2) is 29.9 Å². The molecule has 2 aromatic carbocycles. The minimum absolute atomic E-state index is 0.0470. The van der Waals surface area contributed by atoms with E-state index in [0.29, 0.717) is 28.6 Å². The van der Waals surface area contributed by atoms with Gasteiger partial charge in [-0.25, -0.2) is 4.98 Å². The fraction of sp³-hybridized carbons (Fsp3) is 0.393. The predicted octanol–water partition coefficient (Wildman–Crippen LogP) is 5.31. The third-order valence-electron chi connectivity index (χ3n) is 7.05. The lowest BCUT2D eigenvalue weighted by atomic mass is 9.85. The Morgan fingerprint density at radius 1 is 1.00 bits per heavy atom. The van der Waals surface area contributed by atoms with Crippen LogP contribution in [0.25, 0.3) is 11.5 Å². The van der Waals surface area contributed by atoms with Gasteiger partial charge in [0.1, 0.15) is 11.5 Å². The van der Waals surface area contributed by atoms with E-state index in [-0.39, 0.29) is 24.3 Å². The van der Waals surface area contributed by atoms with Crippen molar-refractivity contribution in [2.45, 2.75) is 52.0 Å². The zero-order valence-corrected chi connectivity index (χ0v) is 20.2. The van der Waals surface area contributed by atoms with E-state index in [1.54, 1.807) is 0 Å². The van der Waals surface area contributed by atoms with Crippen LogP contribution in [0.5, 0.6) is 0 Å². The molecule has 7 nitrogen and oxygen atoms in total. The SMILES string of the molecule is Cc1oc(-c2ccccc2NC(=O)C2CCC2)nc1CNC(=O)c1ccc(N2CCCCC2)cc1. The maximum Gasteiger partial charge on any atom is 0.251 e. The molecule has 0 bridgehead atoms. The molecule has 0 unspecified atom stereocenters. The molecule has 182 valence electrons. The molecule has 35 heavy (non-hydrogen) atoms. The molecule has 0 spiro atoms. The Hall–Kier alpha value is -3.61. The van der Waals surface area contributed by atoms with Crippen molar-refractivity contribution in [1.29, 1.82) is 0 Å². The first-order chi connectivity index (χ1) is 17.1. The number of oxazole rings is 1. The minimum Gasteiger partial charge on any atom is -0.441 e. The van der Waals surface area contributed by atoms with Crippen LogP contribution in [0.2, 0.25) is 0 Å². The van der Waals surface area contributed by atoms with Crippen molar-refractivity contribution in [3.63, 3.8) is 0 Å². The van der Waals surface area contributed by atoms with Gasteiger partial charge in [-0.05, 0) is 75.4 Å². The molecule has 1 saturated heterocycles. The number of aryl methyl sites for hydroxylation is 1. The molecule has 0 radical (unpaired) electrons. The molecule has 2 heterocycles. The van der Waals surface area contributed by atoms with E-state index in [1.807, 2.05) is 55.5 Å². The summed E-state index contributed by atoms with van der Waals surface area (Å²) in [5, 5.41) is 5.98. The molecule has 1 aliphatic carbocycles. The summed E-state index contributed by atoms with van der Waals surface area (Å²) in [7, 11) is 0. The van der Waals surface area contributed by atoms with Crippen molar-refractivity contribution >= 4 is 23.2 Å². The number of nitrogens with zero attached hydrogens (tertiary/aromatic N) is 2. The van der Waals surface area contributed by atoms with Gasteiger partial charge in [-0.2, -0.15) is 0 Å². The second kappa shape index (κ2) is 10.3. The summed E-state index contributed by atoms with van der Waals surface area (Å²) in [6, 6.07) is 15.3. The van der Waals surface area contributed by atoms with E-state index in [1.165, 1.54) is 24.9 Å². The lowest BCUT2D eigenvalue weighted by Gasteiger charge is -2.28. The van der Waals surface area contributed by atoms with Crippen LogP contribution in [-0.2, 0) is 11.3 Å². The maximum atomic E-state index is 12.7. The van der Waals surface area contributed by atoms with Gasteiger partial charge >= 0.3 is 0 Å². The first kappa shape index (κ1) is 23.1. The van der Waals surface area contributed by atoms with Gasteiger partial charge in [-0.3, -0.25) is 9.59 Å². The van der Waals surface area contributed by atoms with Gasteiger partial charge < -0.3 is 20.0 Å². The Bertz CT molecular complexity index is 1190. The zero-order valence-electron chi connectivity index (χ0n) is 20.2. The number of aromatic nitrogens is 1. The summed E-state index contributed by atoms with van der Waals surface area (Å²) in [5.74, 6) is 1.06. The number of hydrogen-bond donors (Lipinski definition) is 2. The van der Waals surface area contributed by atoms with Crippen molar-refractivity contribution in [1.82, 2.24) is 10.3 Å². The summed E-state index contributed by atoms with van der Waals surface area (Å²) in [6.45, 7) is 4.25. The monoisotopic (exact) mass is 472 g/mol. The lowest BCUT2D eigenvalue weighted by molar-refractivity contribution is -0.122.